The van der Waals surface area contributed by atoms with Crippen molar-refractivity contribution in [2.75, 3.05) is 6.26 Å². The van der Waals surface area contributed by atoms with Crippen LogP contribution in [0.15, 0.2) is 18.2 Å². The molecule has 6 heteroatoms. The van der Waals surface area contributed by atoms with Gasteiger partial charge in [0.05, 0.1) is 11.8 Å². The average molecular weight is 326 g/mol. The molecule has 4 nitrogen and oxygen atoms in total. The van der Waals surface area contributed by atoms with Gasteiger partial charge in [-0.1, -0.05) is 0 Å². The first-order valence-electron chi connectivity index (χ1n) is 3.56. The maximum absolute atomic E-state index is 10.8. The number of halogens is 1. The highest BCUT2D eigenvalue weighted by Gasteiger charge is 2.09. The molecule has 0 N–H and O–H groups in total. The minimum atomic E-state index is -3.58. The minimum absolute atomic E-state index is 0.0583. The molecule has 1 rings (SSSR count). The van der Waals surface area contributed by atoms with Crippen molar-refractivity contribution in [2.45, 2.75) is 0 Å². The zero-order chi connectivity index (χ0) is 10.8. The molecule has 0 aliphatic heterocycles. The highest BCUT2D eigenvalue weighted by molar-refractivity contribution is 14.1. The molecule has 0 bridgehead atoms. The van der Waals surface area contributed by atoms with Crippen molar-refractivity contribution < 1.29 is 17.4 Å². The molecule has 0 unspecified atom stereocenters. The molecule has 0 aliphatic rings. The Morgan fingerprint density at radius 2 is 2.07 bits per heavy atom. The second-order valence-electron chi connectivity index (χ2n) is 2.59. The van der Waals surface area contributed by atoms with Crippen molar-refractivity contribution in [1.29, 1.82) is 0 Å². The Morgan fingerprint density at radius 1 is 1.43 bits per heavy atom. The molecule has 1 aromatic rings. The second-order valence-corrected chi connectivity index (χ2v) is 5.41. The van der Waals surface area contributed by atoms with Crippen LogP contribution >= 0.6 is 22.6 Å². The van der Waals surface area contributed by atoms with E-state index in [9.17, 15) is 13.2 Å². The van der Waals surface area contributed by atoms with E-state index >= 15 is 0 Å². The number of hydrogen-bond acceptors (Lipinski definition) is 4. The van der Waals surface area contributed by atoms with E-state index in [1.54, 1.807) is 12.1 Å². The van der Waals surface area contributed by atoms with E-state index in [1.165, 1.54) is 6.07 Å². The maximum Gasteiger partial charge on any atom is 0.306 e. The summed E-state index contributed by atoms with van der Waals surface area (Å²) in [6, 6.07) is 4.66. The largest absolute Gasteiger partial charge is 0.382 e. The Bertz CT molecular complexity index is 452. The smallest absolute Gasteiger partial charge is 0.306 e. The van der Waals surface area contributed by atoms with Crippen molar-refractivity contribution in [2.24, 2.45) is 0 Å². The summed E-state index contributed by atoms with van der Waals surface area (Å²) in [7, 11) is -3.58. The summed E-state index contributed by atoms with van der Waals surface area (Å²) in [5.74, 6) is 0.0583. The number of hydrogen-bond donors (Lipinski definition) is 0. The number of rotatable bonds is 3. The molecular formula is C8H7IO4S. The van der Waals surface area contributed by atoms with E-state index in [0.717, 1.165) is 9.83 Å². The predicted octanol–water partition coefficient (Wildman–Crippen LogP) is 1.44. The van der Waals surface area contributed by atoms with Gasteiger partial charge in [-0.05, 0) is 40.8 Å². The normalized spacial score (nSPS) is 11.0. The van der Waals surface area contributed by atoms with Gasteiger partial charge in [0.15, 0.2) is 12.0 Å². The van der Waals surface area contributed by atoms with Gasteiger partial charge in [0, 0.05) is 3.57 Å². The van der Waals surface area contributed by atoms with Crippen LogP contribution < -0.4 is 4.18 Å². The lowest BCUT2D eigenvalue weighted by molar-refractivity contribution is 0.112. The molecule has 0 aromatic heterocycles. The molecule has 0 amide bonds. The third-order valence-electron chi connectivity index (χ3n) is 1.34. The average Bonchev–Trinajstić information content (AvgIpc) is 2.06. The zero-order valence-electron chi connectivity index (χ0n) is 7.23. The first kappa shape index (κ1) is 11.4. The molecule has 0 fully saturated rings. The first-order chi connectivity index (χ1) is 6.42. The Kier molecular flexibility index (Phi) is 3.48. The number of aldehydes is 1. The second kappa shape index (κ2) is 4.26. The van der Waals surface area contributed by atoms with Crippen LogP contribution in [0, 0.1) is 3.57 Å². The molecule has 14 heavy (non-hydrogen) atoms. The summed E-state index contributed by atoms with van der Waals surface area (Å²) in [6.45, 7) is 0. The van der Waals surface area contributed by atoms with Crippen LogP contribution in [0.4, 0.5) is 0 Å². The Hall–Kier alpha value is -0.630. The maximum atomic E-state index is 10.8. The van der Waals surface area contributed by atoms with Gasteiger partial charge in [-0.2, -0.15) is 8.42 Å². The van der Waals surface area contributed by atoms with E-state index in [2.05, 4.69) is 4.18 Å². The van der Waals surface area contributed by atoms with E-state index < -0.39 is 10.1 Å². The van der Waals surface area contributed by atoms with Crippen LogP contribution in [0.25, 0.3) is 0 Å². The fourth-order valence-corrected chi connectivity index (χ4v) is 1.84. The highest BCUT2D eigenvalue weighted by atomic mass is 127. The Labute approximate surface area is 95.5 Å². The van der Waals surface area contributed by atoms with E-state index in [1.807, 2.05) is 22.6 Å². The Balaban J connectivity index is 3.15. The van der Waals surface area contributed by atoms with Gasteiger partial charge in [0.25, 0.3) is 0 Å². The predicted molar refractivity (Wildman–Crippen MR) is 60.0 cm³/mol. The minimum Gasteiger partial charge on any atom is -0.382 e. The SMILES string of the molecule is CS(=O)(=O)Oc1ccc(I)cc1C=O. The summed E-state index contributed by atoms with van der Waals surface area (Å²) >= 11 is 2.02. The number of carbonyl (C=O) groups excluding carboxylic acids is 1. The van der Waals surface area contributed by atoms with Crippen LogP contribution in [0.5, 0.6) is 5.75 Å². The van der Waals surface area contributed by atoms with Gasteiger partial charge in [-0.15, -0.1) is 0 Å². The first-order valence-corrected chi connectivity index (χ1v) is 6.46. The van der Waals surface area contributed by atoms with Gasteiger partial charge >= 0.3 is 10.1 Å². The van der Waals surface area contributed by atoms with E-state index in [4.69, 9.17) is 0 Å². The Morgan fingerprint density at radius 3 is 2.57 bits per heavy atom. The van der Waals surface area contributed by atoms with Crippen LogP contribution in [0.1, 0.15) is 10.4 Å². The lowest BCUT2D eigenvalue weighted by atomic mass is 10.2. The molecule has 0 radical (unpaired) electrons. The summed E-state index contributed by atoms with van der Waals surface area (Å²) in [5.41, 5.74) is 0.224. The number of benzene rings is 1. The third-order valence-corrected chi connectivity index (χ3v) is 2.49. The van der Waals surface area contributed by atoms with Crippen LogP contribution in [-0.4, -0.2) is 21.0 Å². The lowest BCUT2D eigenvalue weighted by Crippen LogP contribution is -2.07. The fraction of sp³-hybridized carbons (Fsp3) is 0.125. The molecule has 0 heterocycles. The van der Waals surface area contributed by atoms with Crippen LogP contribution in [0.2, 0.25) is 0 Å². The van der Waals surface area contributed by atoms with Crippen molar-refractivity contribution in [3.05, 3.63) is 27.3 Å². The zero-order valence-corrected chi connectivity index (χ0v) is 10.2. The van der Waals surface area contributed by atoms with Crippen molar-refractivity contribution >= 4 is 39.0 Å². The summed E-state index contributed by atoms with van der Waals surface area (Å²) in [4.78, 5) is 10.6. The highest BCUT2D eigenvalue weighted by Crippen LogP contribution is 2.20. The number of carbonyl (C=O) groups is 1. The van der Waals surface area contributed by atoms with Crippen molar-refractivity contribution in [3.63, 3.8) is 0 Å². The molecule has 0 spiro atoms. The third kappa shape index (κ3) is 3.26. The van der Waals surface area contributed by atoms with Gasteiger partial charge in [-0.3, -0.25) is 4.79 Å². The molecule has 0 atom stereocenters. The quantitative estimate of drug-likeness (QED) is 0.479. The molecule has 0 saturated heterocycles. The van der Waals surface area contributed by atoms with Crippen molar-refractivity contribution in [1.82, 2.24) is 0 Å². The summed E-state index contributed by atoms with van der Waals surface area (Å²) in [6.07, 6.45) is 1.49. The molecule has 76 valence electrons. The van der Waals surface area contributed by atoms with E-state index in [-0.39, 0.29) is 11.3 Å². The monoisotopic (exact) mass is 326 g/mol. The van der Waals surface area contributed by atoms with Gasteiger partial charge < -0.3 is 4.18 Å². The lowest BCUT2D eigenvalue weighted by Gasteiger charge is -2.05. The van der Waals surface area contributed by atoms with Gasteiger partial charge in [0.2, 0.25) is 0 Å². The van der Waals surface area contributed by atoms with E-state index in [0.29, 0.717) is 6.29 Å². The standard InChI is InChI=1S/C8H7IO4S/c1-14(11,12)13-8-3-2-7(9)4-6(8)5-10/h2-5H,1H3. The topological polar surface area (TPSA) is 60.4 Å². The molecular weight excluding hydrogens is 319 g/mol. The van der Waals surface area contributed by atoms with Crippen LogP contribution in [-0.2, 0) is 10.1 Å². The molecule has 0 saturated carbocycles. The summed E-state index contributed by atoms with van der Waals surface area (Å²) in [5, 5.41) is 0. The van der Waals surface area contributed by atoms with Gasteiger partial charge in [0.1, 0.15) is 0 Å². The fourth-order valence-electron chi connectivity index (χ4n) is 0.850. The summed E-state index contributed by atoms with van der Waals surface area (Å²) < 4.78 is 27.1. The van der Waals surface area contributed by atoms with Crippen molar-refractivity contribution in [3.8, 4) is 5.75 Å². The molecule has 0 aliphatic carbocycles. The van der Waals surface area contributed by atoms with Crippen LogP contribution in [0.3, 0.4) is 0 Å². The van der Waals surface area contributed by atoms with Gasteiger partial charge in [-0.25, -0.2) is 0 Å². The molecule has 1 aromatic carbocycles.